The van der Waals surface area contributed by atoms with E-state index in [-0.39, 0.29) is 12.6 Å². The van der Waals surface area contributed by atoms with Crippen molar-refractivity contribution in [1.82, 2.24) is 10.4 Å². The minimum Gasteiger partial charge on any atom is -0.444 e. The van der Waals surface area contributed by atoms with E-state index >= 15 is 0 Å². The van der Waals surface area contributed by atoms with Crippen LogP contribution in [0.25, 0.3) is 0 Å². The summed E-state index contributed by atoms with van der Waals surface area (Å²) in [5, 5.41) is 0. The highest BCUT2D eigenvalue weighted by Gasteiger charge is 2.39. The summed E-state index contributed by atoms with van der Waals surface area (Å²) in [6.07, 6.45) is 0.552. The molecule has 2 aromatic carbocycles. The standard InChI is InChI=1S/C25H32N2O5.O2S/c1-18-10-13-21(14-11-18)31-23(28)22-15-12-20(16-27(22)24(29)32-25(2,3)4)26-30-17-19-8-6-5-7-9-19;1-3-2/h5-11,13-14,20,22,26H,12,15-17H2,1-4H3;/t20-,22+;/m1./s1. The van der Waals surface area contributed by atoms with Gasteiger partial charge in [-0.15, -0.1) is 0 Å². The molecule has 10 heteroatoms. The van der Waals surface area contributed by atoms with Crippen molar-refractivity contribution in [2.24, 2.45) is 0 Å². The van der Waals surface area contributed by atoms with Gasteiger partial charge in [0.25, 0.3) is 0 Å². The number of hydroxylamine groups is 1. The van der Waals surface area contributed by atoms with Crippen molar-refractivity contribution in [3.63, 3.8) is 0 Å². The molecule has 0 radical (unpaired) electrons. The molecule has 190 valence electrons. The number of benzene rings is 2. The summed E-state index contributed by atoms with van der Waals surface area (Å²) in [6, 6.07) is 16.2. The molecule has 35 heavy (non-hydrogen) atoms. The third kappa shape index (κ3) is 9.97. The van der Waals surface area contributed by atoms with Crippen molar-refractivity contribution in [3.05, 3.63) is 65.7 Å². The molecule has 2 aromatic rings. The van der Waals surface area contributed by atoms with E-state index in [4.69, 9.17) is 22.7 Å². The zero-order valence-corrected chi connectivity index (χ0v) is 21.2. The van der Waals surface area contributed by atoms with E-state index in [0.29, 0.717) is 25.2 Å². The minimum absolute atomic E-state index is 0.130. The molecule has 1 saturated heterocycles. The maximum atomic E-state index is 12.9. The highest BCUT2D eigenvalue weighted by Crippen LogP contribution is 2.23. The van der Waals surface area contributed by atoms with Crippen LogP contribution < -0.4 is 10.2 Å². The van der Waals surface area contributed by atoms with Crippen molar-refractivity contribution in [1.29, 1.82) is 0 Å². The van der Waals surface area contributed by atoms with E-state index in [0.717, 1.165) is 11.1 Å². The van der Waals surface area contributed by atoms with E-state index in [2.05, 4.69) is 5.48 Å². The van der Waals surface area contributed by atoms with E-state index in [9.17, 15) is 9.59 Å². The molecule has 9 nitrogen and oxygen atoms in total. The van der Waals surface area contributed by atoms with Crippen LogP contribution in [0.5, 0.6) is 5.75 Å². The van der Waals surface area contributed by atoms with Gasteiger partial charge in [0.2, 0.25) is 0 Å². The Morgan fingerprint density at radius 1 is 1.03 bits per heavy atom. The Balaban J connectivity index is 0.00000137. The lowest BCUT2D eigenvalue weighted by atomic mass is 9.99. The summed E-state index contributed by atoms with van der Waals surface area (Å²) in [5.74, 6) is -0.0143. The van der Waals surface area contributed by atoms with Gasteiger partial charge in [-0.1, -0.05) is 48.0 Å². The lowest BCUT2D eigenvalue weighted by Crippen LogP contribution is -2.57. The number of likely N-dealkylation sites (tertiary alicyclic amines) is 1. The maximum absolute atomic E-state index is 12.9. The first kappa shape index (κ1) is 28.2. The quantitative estimate of drug-likeness (QED) is 0.360. The van der Waals surface area contributed by atoms with Gasteiger partial charge in [-0.2, -0.15) is 13.9 Å². The summed E-state index contributed by atoms with van der Waals surface area (Å²) < 4.78 is 27.7. The van der Waals surface area contributed by atoms with E-state index in [1.165, 1.54) is 4.90 Å². The van der Waals surface area contributed by atoms with Gasteiger partial charge in [0.15, 0.2) is 0 Å². The molecule has 0 bridgehead atoms. The second-order valence-corrected chi connectivity index (χ2v) is 9.25. The third-order valence-electron chi connectivity index (χ3n) is 5.05. The molecule has 0 aliphatic carbocycles. The first-order valence-corrected chi connectivity index (χ1v) is 11.9. The predicted molar refractivity (Wildman–Crippen MR) is 130 cm³/mol. The third-order valence-corrected chi connectivity index (χ3v) is 5.05. The van der Waals surface area contributed by atoms with Crippen LogP contribution in [0.4, 0.5) is 4.79 Å². The first-order valence-electron chi connectivity index (χ1n) is 11.2. The van der Waals surface area contributed by atoms with Crippen LogP contribution in [0, 0.1) is 6.92 Å². The molecule has 1 aliphatic rings. The number of hydrogen-bond acceptors (Lipinski definition) is 8. The average molecular weight is 505 g/mol. The Kier molecular flexibility index (Phi) is 11.0. The van der Waals surface area contributed by atoms with Crippen molar-refractivity contribution in [2.45, 2.75) is 64.8 Å². The van der Waals surface area contributed by atoms with Gasteiger partial charge in [0.05, 0.1) is 12.6 Å². The largest absolute Gasteiger partial charge is 0.444 e. The molecule has 0 unspecified atom stereocenters. The van der Waals surface area contributed by atoms with E-state index < -0.39 is 35.3 Å². The van der Waals surface area contributed by atoms with Gasteiger partial charge in [-0.05, 0) is 58.2 Å². The number of carbonyl (C=O) groups is 2. The molecule has 0 spiro atoms. The van der Waals surface area contributed by atoms with E-state index in [1.807, 2.05) is 49.4 Å². The first-order chi connectivity index (χ1) is 16.6. The number of amides is 1. The average Bonchev–Trinajstić information content (AvgIpc) is 2.80. The lowest BCUT2D eigenvalue weighted by molar-refractivity contribution is -0.142. The molecule has 1 N–H and O–H groups in total. The number of esters is 1. The van der Waals surface area contributed by atoms with Crippen LogP contribution in [-0.2, 0) is 32.5 Å². The Morgan fingerprint density at radius 3 is 2.26 bits per heavy atom. The summed E-state index contributed by atoms with van der Waals surface area (Å²) >= 11 is -0.750. The van der Waals surface area contributed by atoms with Crippen LogP contribution >= 0.6 is 0 Å². The predicted octanol–water partition coefficient (Wildman–Crippen LogP) is 3.72. The monoisotopic (exact) mass is 504 g/mol. The van der Waals surface area contributed by atoms with Gasteiger partial charge < -0.3 is 9.47 Å². The van der Waals surface area contributed by atoms with Gasteiger partial charge >= 0.3 is 23.6 Å². The van der Waals surface area contributed by atoms with Gasteiger partial charge in [0.1, 0.15) is 17.4 Å². The molecule has 1 aliphatic heterocycles. The van der Waals surface area contributed by atoms with Crippen molar-refractivity contribution in [3.8, 4) is 5.75 Å². The van der Waals surface area contributed by atoms with Gasteiger partial charge in [0, 0.05) is 6.54 Å². The van der Waals surface area contributed by atoms with Crippen LogP contribution in [-0.4, -0.2) is 49.6 Å². The van der Waals surface area contributed by atoms with Crippen molar-refractivity contribution in [2.75, 3.05) is 6.54 Å². The summed E-state index contributed by atoms with van der Waals surface area (Å²) in [6.45, 7) is 8.04. The highest BCUT2D eigenvalue weighted by molar-refractivity contribution is 7.51. The summed E-state index contributed by atoms with van der Waals surface area (Å²) in [7, 11) is 0. The van der Waals surface area contributed by atoms with Gasteiger partial charge in [-0.3, -0.25) is 9.74 Å². The van der Waals surface area contributed by atoms with E-state index in [1.54, 1.807) is 32.9 Å². The number of carbonyl (C=O) groups excluding carboxylic acids is 2. The number of piperidine rings is 1. The number of hydrogen-bond donors (Lipinski definition) is 1. The normalized spacial score (nSPS) is 17.5. The molecule has 1 heterocycles. The SMILES string of the molecule is Cc1ccc(OC(=O)[C@@H]2CC[C@@H](NOCc3ccccc3)CN2C(=O)OC(C)(C)C)cc1.O=S=O. The molecule has 2 atom stereocenters. The van der Waals surface area contributed by atoms with Crippen LogP contribution in [0.1, 0.15) is 44.7 Å². The molecular weight excluding hydrogens is 472 g/mol. The topological polar surface area (TPSA) is 111 Å². The molecule has 1 amide bonds. The Bertz CT molecular complexity index is 987. The number of nitrogens with zero attached hydrogens (tertiary/aromatic N) is 1. The maximum Gasteiger partial charge on any atom is 0.411 e. The Labute approximate surface area is 209 Å². The number of nitrogens with one attached hydrogen (secondary N) is 1. The van der Waals surface area contributed by atoms with Crippen LogP contribution in [0.2, 0.25) is 0 Å². The molecule has 1 fully saturated rings. The fourth-order valence-corrected chi connectivity index (χ4v) is 3.44. The van der Waals surface area contributed by atoms with Crippen molar-refractivity contribution >= 4 is 23.6 Å². The Hall–Kier alpha value is -3.08. The zero-order chi connectivity index (χ0) is 25.8. The van der Waals surface area contributed by atoms with Crippen molar-refractivity contribution < 1.29 is 32.3 Å². The molecule has 0 saturated carbocycles. The number of aryl methyl sites for hydroxylation is 1. The van der Waals surface area contributed by atoms with Gasteiger partial charge in [-0.25, -0.2) is 9.59 Å². The second-order valence-electron chi connectivity index (χ2n) is 9.12. The molecular formula is C25H32N2O7S. The summed E-state index contributed by atoms with van der Waals surface area (Å²) in [4.78, 5) is 32.9. The molecule has 0 aromatic heterocycles. The Morgan fingerprint density at radius 2 is 1.66 bits per heavy atom. The smallest absolute Gasteiger partial charge is 0.411 e. The second kappa shape index (κ2) is 13.7. The fraction of sp³-hybridized carbons (Fsp3) is 0.440. The molecule has 3 rings (SSSR count). The number of ether oxygens (including phenoxy) is 2. The number of rotatable bonds is 6. The highest BCUT2D eigenvalue weighted by atomic mass is 32.1. The van der Waals surface area contributed by atoms with Crippen LogP contribution in [0.15, 0.2) is 54.6 Å². The summed E-state index contributed by atoms with van der Waals surface area (Å²) in [5.41, 5.74) is 4.47. The fourth-order valence-electron chi connectivity index (χ4n) is 3.44. The minimum atomic E-state index is -0.750. The zero-order valence-electron chi connectivity index (χ0n) is 20.4. The lowest BCUT2D eigenvalue weighted by Gasteiger charge is -2.38. The van der Waals surface area contributed by atoms with Crippen LogP contribution in [0.3, 0.4) is 0 Å².